The summed E-state index contributed by atoms with van der Waals surface area (Å²) in [5.41, 5.74) is 6.46. The van der Waals surface area contributed by atoms with Crippen LogP contribution in [0, 0.1) is 5.92 Å². The monoisotopic (exact) mass is 269 g/mol. The van der Waals surface area contributed by atoms with Gasteiger partial charge in [0.2, 0.25) is 5.28 Å². The fourth-order valence-corrected chi connectivity index (χ4v) is 2.51. The lowest BCUT2D eigenvalue weighted by atomic mass is 9.97. The second-order valence-corrected chi connectivity index (χ2v) is 5.38. The van der Waals surface area contributed by atoms with E-state index in [0.717, 1.165) is 12.4 Å². The molecule has 1 aliphatic rings. The van der Waals surface area contributed by atoms with Gasteiger partial charge >= 0.3 is 0 Å². The first kappa shape index (κ1) is 13.4. The van der Waals surface area contributed by atoms with Crippen molar-refractivity contribution in [2.24, 2.45) is 5.92 Å². The Morgan fingerprint density at radius 3 is 2.83 bits per heavy atom. The first-order chi connectivity index (χ1) is 8.56. The summed E-state index contributed by atoms with van der Waals surface area (Å²) in [5, 5.41) is 0.245. The molecule has 1 aliphatic heterocycles. The van der Waals surface area contributed by atoms with Crippen LogP contribution in [0.4, 0.5) is 11.5 Å². The average molecular weight is 270 g/mol. The van der Waals surface area contributed by atoms with Crippen molar-refractivity contribution in [2.75, 3.05) is 44.4 Å². The number of likely N-dealkylation sites (tertiary alicyclic amines) is 1. The van der Waals surface area contributed by atoms with Gasteiger partial charge in [0.15, 0.2) is 5.82 Å². The quantitative estimate of drug-likeness (QED) is 0.843. The van der Waals surface area contributed by atoms with Crippen LogP contribution in [-0.2, 0) is 0 Å². The van der Waals surface area contributed by atoms with E-state index in [9.17, 15) is 0 Å². The van der Waals surface area contributed by atoms with Crippen LogP contribution in [0.15, 0.2) is 6.20 Å². The Morgan fingerprint density at radius 1 is 1.50 bits per heavy atom. The van der Waals surface area contributed by atoms with Crippen LogP contribution in [0.2, 0.25) is 5.28 Å². The fourth-order valence-electron chi connectivity index (χ4n) is 2.39. The van der Waals surface area contributed by atoms with Crippen molar-refractivity contribution in [2.45, 2.75) is 12.8 Å². The standard InChI is InChI=1S/C12H20ClN5/c1-17-5-3-9(4-6-17)8-18(2)11-10(14)7-15-12(13)16-11/h7,9H,3-6,8,14H2,1-2H3. The number of nitrogen functional groups attached to an aromatic ring is 1. The lowest BCUT2D eigenvalue weighted by molar-refractivity contribution is 0.222. The Labute approximate surface area is 113 Å². The molecule has 100 valence electrons. The molecule has 0 atom stereocenters. The third kappa shape index (κ3) is 3.23. The minimum absolute atomic E-state index is 0.245. The Bertz CT molecular complexity index is 403. The van der Waals surface area contributed by atoms with Crippen molar-refractivity contribution < 1.29 is 0 Å². The van der Waals surface area contributed by atoms with Crippen molar-refractivity contribution in [3.05, 3.63) is 11.5 Å². The summed E-state index contributed by atoms with van der Waals surface area (Å²) in [4.78, 5) is 12.5. The molecule has 0 radical (unpaired) electrons. The first-order valence-corrected chi connectivity index (χ1v) is 6.61. The summed E-state index contributed by atoms with van der Waals surface area (Å²) in [5.74, 6) is 1.42. The van der Waals surface area contributed by atoms with E-state index >= 15 is 0 Å². The van der Waals surface area contributed by atoms with E-state index in [1.165, 1.54) is 25.9 Å². The Balaban J connectivity index is 1.98. The van der Waals surface area contributed by atoms with Gasteiger partial charge in [-0.25, -0.2) is 4.98 Å². The lowest BCUT2D eigenvalue weighted by Crippen LogP contribution is -2.36. The molecule has 0 amide bonds. The van der Waals surface area contributed by atoms with Gasteiger partial charge in [-0.05, 0) is 50.5 Å². The lowest BCUT2D eigenvalue weighted by Gasteiger charge is -2.32. The third-order valence-corrected chi connectivity index (χ3v) is 3.68. The van der Waals surface area contributed by atoms with Crippen molar-refractivity contribution in [1.29, 1.82) is 0 Å². The molecule has 5 nitrogen and oxygen atoms in total. The molecule has 0 aromatic carbocycles. The number of nitrogens with two attached hydrogens (primary N) is 1. The molecular weight excluding hydrogens is 250 g/mol. The van der Waals surface area contributed by atoms with Crippen LogP contribution < -0.4 is 10.6 Å². The molecule has 2 rings (SSSR count). The zero-order chi connectivity index (χ0) is 13.1. The maximum atomic E-state index is 5.88. The molecule has 2 heterocycles. The summed E-state index contributed by atoms with van der Waals surface area (Å²) in [7, 11) is 4.18. The van der Waals surface area contributed by atoms with Crippen molar-refractivity contribution in [1.82, 2.24) is 14.9 Å². The van der Waals surface area contributed by atoms with E-state index in [1.54, 1.807) is 6.20 Å². The van der Waals surface area contributed by atoms with Gasteiger partial charge in [0.1, 0.15) is 0 Å². The van der Waals surface area contributed by atoms with E-state index < -0.39 is 0 Å². The minimum Gasteiger partial charge on any atom is -0.394 e. The Morgan fingerprint density at radius 2 is 2.17 bits per heavy atom. The van der Waals surface area contributed by atoms with Gasteiger partial charge in [-0.15, -0.1) is 0 Å². The summed E-state index contributed by atoms with van der Waals surface area (Å²) in [6.07, 6.45) is 4.01. The second kappa shape index (κ2) is 5.71. The number of hydrogen-bond acceptors (Lipinski definition) is 5. The smallest absolute Gasteiger partial charge is 0.224 e. The normalized spacial score (nSPS) is 17.9. The SMILES string of the molecule is CN1CCC(CN(C)c2nc(Cl)ncc2N)CC1. The first-order valence-electron chi connectivity index (χ1n) is 6.24. The van der Waals surface area contributed by atoms with E-state index in [-0.39, 0.29) is 5.28 Å². The van der Waals surface area contributed by atoms with E-state index in [0.29, 0.717) is 11.6 Å². The number of rotatable bonds is 3. The number of piperidine rings is 1. The van der Waals surface area contributed by atoms with E-state index in [2.05, 4.69) is 26.8 Å². The molecule has 0 aliphatic carbocycles. The molecule has 2 N–H and O–H groups in total. The van der Waals surface area contributed by atoms with Gasteiger partial charge in [0, 0.05) is 13.6 Å². The topological polar surface area (TPSA) is 58.3 Å². The highest BCUT2D eigenvalue weighted by molar-refractivity contribution is 6.28. The Hall–Kier alpha value is -1.07. The molecule has 1 aromatic heterocycles. The zero-order valence-electron chi connectivity index (χ0n) is 10.9. The number of aromatic nitrogens is 2. The maximum Gasteiger partial charge on any atom is 0.224 e. The van der Waals surface area contributed by atoms with Crippen LogP contribution in [0.5, 0.6) is 0 Å². The zero-order valence-corrected chi connectivity index (χ0v) is 11.7. The predicted molar refractivity (Wildman–Crippen MR) is 74.9 cm³/mol. The van der Waals surface area contributed by atoms with Gasteiger partial charge < -0.3 is 15.5 Å². The molecule has 1 aromatic rings. The summed E-state index contributed by atoms with van der Waals surface area (Å²) in [6.45, 7) is 3.29. The molecule has 0 bridgehead atoms. The van der Waals surface area contributed by atoms with Crippen LogP contribution in [0.25, 0.3) is 0 Å². The number of halogens is 1. The molecule has 0 unspecified atom stereocenters. The average Bonchev–Trinajstić information content (AvgIpc) is 2.35. The van der Waals surface area contributed by atoms with Gasteiger partial charge in [0.05, 0.1) is 11.9 Å². The summed E-state index contributed by atoms with van der Waals surface area (Å²) in [6, 6.07) is 0. The molecule has 6 heteroatoms. The van der Waals surface area contributed by atoms with Crippen molar-refractivity contribution >= 4 is 23.1 Å². The predicted octanol–water partition coefficient (Wildman–Crippen LogP) is 1.49. The molecular formula is C12H20ClN5. The van der Waals surface area contributed by atoms with Crippen LogP contribution in [-0.4, -0.2) is 48.6 Å². The van der Waals surface area contributed by atoms with Crippen molar-refractivity contribution in [3.8, 4) is 0 Å². The van der Waals surface area contributed by atoms with E-state index in [1.807, 2.05) is 7.05 Å². The fraction of sp³-hybridized carbons (Fsp3) is 0.667. The third-order valence-electron chi connectivity index (χ3n) is 3.50. The van der Waals surface area contributed by atoms with Crippen LogP contribution in [0.3, 0.4) is 0 Å². The highest BCUT2D eigenvalue weighted by Crippen LogP contribution is 2.23. The number of nitrogens with zero attached hydrogens (tertiary/aromatic N) is 4. The molecule has 1 saturated heterocycles. The van der Waals surface area contributed by atoms with E-state index in [4.69, 9.17) is 17.3 Å². The molecule has 0 spiro atoms. The second-order valence-electron chi connectivity index (χ2n) is 5.05. The maximum absolute atomic E-state index is 5.88. The van der Waals surface area contributed by atoms with Crippen LogP contribution in [0.1, 0.15) is 12.8 Å². The summed E-state index contributed by atoms with van der Waals surface area (Å²) >= 11 is 5.81. The van der Waals surface area contributed by atoms with Gasteiger partial charge in [-0.1, -0.05) is 0 Å². The Kier molecular flexibility index (Phi) is 4.24. The largest absolute Gasteiger partial charge is 0.394 e. The minimum atomic E-state index is 0.245. The number of anilines is 2. The molecule has 1 fully saturated rings. The highest BCUT2D eigenvalue weighted by Gasteiger charge is 2.19. The van der Waals surface area contributed by atoms with Crippen molar-refractivity contribution in [3.63, 3.8) is 0 Å². The van der Waals surface area contributed by atoms with Gasteiger partial charge in [-0.3, -0.25) is 0 Å². The van der Waals surface area contributed by atoms with Gasteiger partial charge in [0.25, 0.3) is 0 Å². The van der Waals surface area contributed by atoms with Crippen LogP contribution >= 0.6 is 11.6 Å². The summed E-state index contributed by atoms with van der Waals surface area (Å²) < 4.78 is 0. The number of hydrogen-bond donors (Lipinski definition) is 1. The molecule has 0 saturated carbocycles. The highest BCUT2D eigenvalue weighted by atomic mass is 35.5. The molecule has 18 heavy (non-hydrogen) atoms. The van der Waals surface area contributed by atoms with Gasteiger partial charge in [-0.2, -0.15) is 4.98 Å².